The van der Waals surface area contributed by atoms with Gasteiger partial charge in [0.15, 0.2) is 0 Å². The molecule has 70 heavy (non-hydrogen) atoms. The zero-order valence-electron chi connectivity index (χ0n) is 47.0. The number of unbranched alkanes of at least 4 members (excludes halogenated alkanes) is 41. The summed E-state index contributed by atoms with van der Waals surface area (Å²) in [5.41, 5.74) is 0. The first-order chi connectivity index (χ1) is 34.5. The first kappa shape index (κ1) is 68.1. The summed E-state index contributed by atoms with van der Waals surface area (Å²) in [4.78, 5) is 24.5. The fraction of sp³-hybridized carbons (Fsp3) is 0.875. The maximum absolute atomic E-state index is 12.5. The maximum Gasteiger partial charge on any atom is 0.305 e. The van der Waals surface area contributed by atoms with Gasteiger partial charge in [-0.2, -0.15) is 0 Å². The number of hydrogen-bond acceptors (Lipinski definition) is 5. The van der Waals surface area contributed by atoms with Gasteiger partial charge in [0, 0.05) is 12.8 Å². The third-order valence-electron chi connectivity index (χ3n) is 14.4. The number of nitrogens with one attached hydrogen (secondary N) is 1. The molecule has 0 aliphatic carbocycles. The van der Waals surface area contributed by atoms with E-state index >= 15 is 0 Å². The van der Waals surface area contributed by atoms with E-state index in [0.29, 0.717) is 25.9 Å². The Hall–Kier alpha value is -1.92. The SMILES string of the molecule is CCCCCCCC/C=C\CCCCCCCCCC(=O)OCCCCCCCCCCC/C=C\C/C=C\CCCCCCCCCC(=O)NC(CO)C(O)CCCCCCCCCCCCCCC. The van der Waals surface area contributed by atoms with Gasteiger partial charge in [-0.05, 0) is 83.5 Å². The lowest BCUT2D eigenvalue weighted by Crippen LogP contribution is -2.45. The van der Waals surface area contributed by atoms with Crippen LogP contribution in [0.1, 0.15) is 335 Å². The smallest absolute Gasteiger partial charge is 0.305 e. The Kier molecular flexibility index (Phi) is 58.0. The van der Waals surface area contributed by atoms with Gasteiger partial charge in [-0.3, -0.25) is 9.59 Å². The molecule has 0 aliphatic heterocycles. The molecule has 0 radical (unpaired) electrons. The van der Waals surface area contributed by atoms with E-state index < -0.39 is 12.1 Å². The Morgan fingerprint density at radius 1 is 0.400 bits per heavy atom. The Labute approximate surface area is 436 Å². The molecule has 0 saturated heterocycles. The fourth-order valence-electron chi connectivity index (χ4n) is 9.61. The molecule has 6 heteroatoms. The molecule has 0 aromatic heterocycles. The minimum absolute atomic E-state index is 0.00379. The van der Waals surface area contributed by atoms with Crippen LogP contribution in [0.25, 0.3) is 0 Å². The summed E-state index contributed by atoms with van der Waals surface area (Å²) in [6.45, 7) is 4.95. The molecule has 0 aromatic carbocycles. The van der Waals surface area contributed by atoms with Crippen molar-refractivity contribution in [1.82, 2.24) is 5.32 Å². The standard InChI is InChI=1S/C64H121NO5/c1-3-5-7-9-11-13-15-17-18-26-30-34-38-42-46-50-54-58-64(69)70-59-55-51-47-43-39-35-31-28-25-23-21-19-20-22-24-27-29-33-37-41-45-49-53-57-63(68)65-61(60-66)62(67)56-52-48-44-40-36-32-16-14-12-10-8-6-4-2/h17-19,21-22,24,61-62,66-67H,3-16,20,23,25-60H2,1-2H3,(H,65,68)/b18-17-,21-19-,24-22-. The summed E-state index contributed by atoms with van der Waals surface area (Å²) in [6, 6.07) is -0.549. The molecule has 3 N–H and O–H groups in total. The molecule has 412 valence electrons. The van der Waals surface area contributed by atoms with E-state index in [2.05, 4.69) is 55.6 Å². The van der Waals surface area contributed by atoms with E-state index in [0.717, 1.165) is 57.8 Å². The number of rotatable bonds is 58. The largest absolute Gasteiger partial charge is 0.466 e. The molecule has 0 bridgehead atoms. The summed E-state index contributed by atoms with van der Waals surface area (Å²) in [5, 5.41) is 23.2. The van der Waals surface area contributed by atoms with Crippen LogP contribution in [0.15, 0.2) is 36.5 Å². The van der Waals surface area contributed by atoms with Crippen molar-refractivity contribution in [1.29, 1.82) is 0 Å². The van der Waals surface area contributed by atoms with E-state index in [4.69, 9.17) is 4.74 Å². The van der Waals surface area contributed by atoms with Crippen LogP contribution >= 0.6 is 0 Å². The Morgan fingerprint density at radius 3 is 1.10 bits per heavy atom. The number of aliphatic hydroxyl groups excluding tert-OH is 2. The number of hydrogen-bond donors (Lipinski definition) is 3. The highest BCUT2D eigenvalue weighted by molar-refractivity contribution is 5.76. The predicted octanol–water partition coefficient (Wildman–Crippen LogP) is 19.6. The van der Waals surface area contributed by atoms with Crippen molar-refractivity contribution in [3.05, 3.63) is 36.5 Å². The molecule has 0 spiro atoms. The van der Waals surface area contributed by atoms with Gasteiger partial charge in [-0.15, -0.1) is 0 Å². The maximum atomic E-state index is 12.5. The third-order valence-corrected chi connectivity index (χ3v) is 14.4. The number of aliphatic hydroxyl groups is 2. The van der Waals surface area contributed by atoms with E-state index in [1.54, 1.807) is 0 Å². The molecule has 6 nitrogen and oxygen atoms in total. The van der Waals surface area contributed by atoms with Gasteiger partial charge < -0.3 is 20.3 Å². The zero-order valence-corrected chi connectivity index (χ0v) is 47.0. The van der Waals surface area contributed by atoms with Gasteiger partial charge in [-0.1, -0.05) is 275 Å². The van der Waals surface area contributed by atoms with Crippen LogP contribution in [-0.4, -0.2) is 47.4 Å². The van der Waals surface area contributed by atoms with Crippen molar-refractivity contribution in [2.24, 2.45) is 0 Å². The van der Waals surface area contributed by atoms with Crippen LogP contribution in [0.3, 0.4) is 0 Å². The second-order valence-electron chi connectivity index (χ2n) is 21.4. The molecule has 0 aliphatic rings. The molecule has 2 atom stereocenters. The van der Waals surface area contributed by atoms with Crippen molar-refractivity contribution >= 4 is 11.9 Å². The van der Waals surface area contributed by atoms with E-state index in [-0.39, 0.29) is 18.5 Å². The highest BCUT2D eigenvalue weighted by Crippen LogP contribution is 2.17. The quantitative estimate of drug-likeness (QED) is 0.0321. The van der Waals surface area contributed by atoms with Crippen molar-refractivity contribution < 1.29 is 24.5 Å². The molecule has 0 rings (SSSR count). The summed E-state index contributed by atoms with van der Waals surface area (Å²) in [6.07, 6.45) is 74.4. The summed E-state index contributed by atoms with van der Waals surface area (Å²) in [7, 11) is 0. The lowest BCUT2D eigenvalue weighted by atomic mass is 10.0. The summed E-state index contributed by atoms with van der Waals surface area (Å²) >= 11 is 0. The predicted molar refractivity (Wildman–Crippen MR) is 306 cm³/mol. The number of carbonyl (C=O) groups is 2. The van der Waals surface area contributed by atoms with Crippen molar-refractivity contribution in [2.75, 3.05) is 13.2 Å². The molecule has 2 unspecified atom stereocenters. The average molecular weight is 985 g/mol. The van der Waals surface area contributed by atoms with Gasteiger partial charge in [0.2, 0.25) is 5.91 Å². The first-order valence-electron chi connectivity index (χ1n) is 31.2. The monoisotopic (exact) mass is 984 g/mol. The topological polar surface area (TPSA) is 95.9 Å². The van der Waals surface area contributed by atoms with E-state index in [1.165, 1.54) is 244 Å². The lowest BCUT2D eigenvalue weighted by Gasteiger charge is -2.22. The number of carbonyl (C=O) groups excluding carboxylic acids is 2. The van der Waals surface area contributed by atoms with E-state index in [1.807, 2.05) is 0 Å². The first-order valence-corrected chi connectivity index (χ1v) is 31.2. The van der Waals surface area contributed by atoms with Crippen LogP contribution < -0.4 is 5.32 Å². The van der Waals surface area contributed by atoms with Gasteiger partial charge in [-0.25, -0.2) is 0 Å². The highest BCUT2D eigenvalue weighted by atomic mass is 16.5. The van der Waals surface area contributed by atoms with Gasteiger partial charge >= 0.3 is 5.97 Å². The zero-order chi connectivity index (χ0) is 50.7. The molecule has 0 saturated carbocycles. The fourth-order valence-corrected chi connectivity index (χ4v) is 9.61. The molecule has 0 heterocycles. The van der Waals surface area contributed by atoms with Crippen LogP contribution in [0.4, 0.5) is 0 Å². The molecule has 1 amide bonds. The van der Waals surface area contributed by atoms with Crippen molar-refractivity contribution in [3.8, 4) is 0 Å². The second-order valence-corrected chi connectivity index (χ2v) is 21.4. The molecular weight excluding hydrogens is 863 g/mol. The number of allylic oxidation sites excluding steroid dienone is 6. The summed E-state index contributed by atoms with van der Waals surface area (Å²) in [5.74, 6) is -0.0412. The highest BCUT2D eigenvalue weighted by Gasteiger charge is 2.20. The van der Waals surface area contributed by atoms with Gasteiger partial charge in [0.1, 0.15) is 0 Å². The normalized spacial score (nSPS) is 12.8. The number of esters is 1. The second kappa shape index (κ2) is 59.6. The number of amides is 1. The Morgan fingerprint density at radius 2 is 0.714 bits per heavy atom. The Balaban J connectivity index is 3.43. The lowest BCUT2D eigenvalue weighted by molar-refractivity contribution is -0.143. The van der Waals surface area contributed by atoms with Crippen LogP contribution in [0, 0.1) is 0 Å². The van der Waals surface area contributed by atoms with Crippen LogP contribution in [-0.2, 0) is 14.3 Å². The minimum Gasteiger partial charge on any atom is -0.466 e. The molecule has 0 fully saturated rings. The minimum atomic E-state index is -0.670. The van der Waals surface area contributed by atoms with Crippen molar-refractivity contribution in [2.45, 2.75) is 347 Å². The summed E-state index contributed by atoms with van der Waals surface area (Å²) < 4.78 is 5.49. The van der Waals surface area contributed by atoms with Crippen molar-refractivity contribution in [3.63, 3.8) is 0 Å². The van der Waals surface area contributed by atoms with Crippen LogP contribution in [0.2, 0.25) is 0 Å². The molecule has 0 aromatic rings. The van der Waals surface area contributed by atoms with Gasteiger partial charge in [0.05, 0.1) is 25.4 Å². The number of ether oxygens (including phenoxy) is 1. The van der Waals surface area contributed by atoms with Crippen LogP contribution in [0.5, 0.6) is 0 Å². The van der Waals surface area contributed by atoms with Gasteiger partial charge in [0.25, 0.3) is 0 Å². The average Bonchev–Trinajstić information content (AvgIpc) is 3.36. The molecular formula is C64H121NO5. The van der Waals surface area contributed by atoms with E-state index in [9.17, 15) is 19.8 Å². The third kappa shape index (κ3) is 55.4. The Bertz CT molecular complexity index is 1130.